The predicted molar refractivity (Wildman–Crippen MR) is 55.9 cm³/mol. The summed E-state index contributed by atoms with van der Waals surface area (Å²) in [5, 5.41) is 0.382. The molecule has 0 saturated carbocycles. The minimum atomic E-state index is -0.521. The molecule has 0 amide bonds. The minimum Gasteiger partial charge on any atom is -0.493 e. The van der Waals surface area contributed by atoms with E-state index in [1.165, 1.54) is 27.4 Å². The van der Waals surface area contributed by atoms with Crippen LogP contribution in [0.2, 0.25) is 5.02 Å². The number of methoxy groups -OCH3 is 3. The number of carbonyl (C=O) groups is 1. The van der Waals surface area contributed by atoms with E-state index in [4.69, 9.17) is 21.1 Å². The molecule has 0 aliphatic carbocycles. The van der Waals surface area contributed by atoms with Crippen molar-refractivity contribution in [2.24, 2.45) is 0 Å². The van der Waals surface area contributed by atoms with Gasteiger partial charge in [-0.15, -0.1) is 0 Å². The van der Waals surface area contributed by atoms with Crippen molar-refractivity contribution < 1.29 is 19.0 Å². The van der Waals surface area contributed by atoms with Crippen molar-refractivity contribution >= 4 is 17.6 Å². The van der Waals surface area contributed by atoms with Gasteiger partial charge in [-0.3, -0.25) is 0 Å². The molecule has 4 nitrogen and oxygen atoms in total. The molecule has 1 aromatic carbocycles. The molecule has 0 saturated heterocycles. The molecular formula is C10H11ClO4. The quantitative estimate of drug-likeness (QED) is 0.747. The number of rotatable bonds is 3. The standard InChI is InChI=1S/C10H11ClO4/c1-13-8-5-6(11)4-7(9(8)14-2)10(12)15-3/h4-5H,1-3H3. The second-order valence-electron chi connectivity index (χ2n) is 2.68. The van der Waals surface area contributed by atoms with Gasteiger partial charge >= 0.3 is 5.97 Å². The molecule has 0 aliphatic heterocycles. The number of carbonyl (C=O) groups excluding carboxylic acids is 1. The first kappa shape index (κ1) is 11.7. The summed E-state index contributed by atoms with van der Waals surface area (Å²) < 4.78 is 14.7. The molecule has 82 valence electrons. The lowest BCUT2D eigenvalue weighted by Crippen LogP contribution is -2.05. The Morgan fingerprint density at radius 1 is 1.20 bits per heavy atom. The fraction of sp³-hybridized carbons (Fsp3) is 0.300. The van der Waals surface area contributed by atoms with Crippen LogP contribution in [0.3, 0.4) is 0 Å². The smallest absolute Gasteiger partial charge is 0.341 e. The molecule has 5 heteroatoms. The third kappa shape index (κ3) is 2.33. The third-order valence-electron chi connectivity index (χ3n) is 1.85. The fourth-order valence-corrected chi connectivity index (χ4v) is 1.40. The largest absolute Gasteiger partial charge is 0.493 e. The summed E-state index contributed by atoms with van der Waals surface area (Å²) in [7, 11) is 4.20. The zero-order valence-corrected chi connectivity index (χ0v) is 9.42. The molecule has 0 unspecified atom stereocenters. The normalized spacial score (nSPS) is 9.60. The second kappa shape index (κ2) is 4.89. The number of hydrogen-bond donors (Lipinski definition) is 0. The van der Waals surface area contributed by atoms with E-state index in [1.807, 2.05) is 0 Å². The highest BCUT2D eigenvalue weighted by Crippen LogP contribution is 2.34. The maximum absolute atomic E-state index is 11.4. The van der Waals surface area contributed by atoms with Gasteiger partial charge in [-0.05, 0) is 6.07 Å². The van der Waals surface area contributed by atoms with Crippen LogP contribution in [0, 0.1) is 0 Å². The van der Waals surface area contributed by atoms with E-state index in [0.29, 0.717) is 16.5 Å². The summed E-state index contributed by atoms with van der Waals surface area (Å²) in [4.78, 5) is 11.4. The van der Waals surface area contributed by atoms with E-state index in [1.54, 1.807) is 6.07 Å². The van der Waals surface area contributed by atoms with Crippen molar-refractivity contribution in [3.05, 3.63) is 22.7 Å². The van der Waals surface area contributed by atoms with Crippen LogP contribution in [0.15, 0.2) is 12.1 Å². The van der Waals surface area contributed by atoms with Crippen molar-refractivity contribution in [1.82, 2.24) is 0 Å². The minimum absolute atomic E-state index is 0.240. The Morgan fingerprint density at radius 3 is 2.33 bits per heavy atom. The van der Waals surface area contributed by atoms with E-state index in [9.17, 15) is 4.79 Å². The summed E-state index contributed by atoms with van der Waals surface area (Å²) >= 11 is 5.82. The Morgan fingerprint density at radius 2 is 1.87 bits per heavy atom. The number of benzene rings is 1. The lowest BCUT2D eigenvalue weighted by Gasteiger charge is -2.11. The van der Waals surface area contributed by atoms with Crippen LogP contribution in [0.4, 0.5) is 0 Å². The number of ether oxygens (including phenoxy) is 3. The van der Waals surface area contributed by atoms with E-state index >= 15 is 0 Å². The molecule has 0 aliphatic rings. The molecule has 0 atom stereocenters. The first-order valence-electron chi connectivity index (χ1n) is 4.13. The zero-order valence-electron chi connectivity index (χ0n) is 8.67. The second-order valence-corrected chi connectivity index (χ2v) is 3.12. The highest BCUT2D eigenvalue weighted by molar-refractivity contribution is 6.31. The van der Waals surface area contributed by atoms with Gasteiger partial charge in [0.15, 0.2) is 11.5 Å². The lowest BCUT2D eigenvalue weighted by atomic mass is 10.2. The average Bonchev–Trinajstić information content (AvgIpc) is 2.26. The van der Waals surface area contributed by atoms with Gasteiger partial charge in [0.1, 0.15) is 5.56 Å². The van der Waals surface area contributed by atoms with Crippen molar-refractivity contribution in [1.29, 1.82) is 0 Å². The maximum Gasteiger partial charge on any atom is 0.341 e. The van der Waals surface area contributed by atoms with Gasteiger partial charge in [0.05, 0.1) is 21.3 Å². The molecule has 0 aromatic heterocycles. The topological polar surface area (TPSA) is 44.8 Å². The Bertz CT molecular complexity index is 376. The predicted octanol–water partition coefficient (Wildman–Crippen LogP) is 2.14. The monoisotopic (exact) mass is 230 g/mol. The number of hydrogen-bond acceptors (Lipinski definition) is 4. The first-order chi connectivity index (χ1) is 7.13. The van der Waals surface area contributed by atoms with Crippen LogP contribution < -0.4 is 9.47 Å². The Balaban J connectivity index is 3.35. The first-order valence-corrected chi connectivity index (χ1v) is 4.51. The lowest BCUT2D eigenvalue weighted by molar-refractivity contribution is 0.0596. The SMILES string of the molecule is COC(=O)c1cc(Cl)cc(OC)c1OC. The van der Waals surface area contributed by atoms with Crippen LogP contribution >= 0.6 is 11.6 Å². The molecule has 1 rings (SSSR count). The van der Waals surface area contributed by atoms with Gasteiger partial charge in [0.2, 0.25) is 0 Å². The maximum atomic E-state index is 11.4. The molecule has 0 N–H and O–H groups in total. The zero-order chi connectivity index (χ0) is 11.4. The average molecular weight is 231 g/mol. The highest BCUT2D eigenvalue weighted by atomic mass is 35.5. The fourth-order valence-electron chi connectivity index (χ4n) is 1.19. The number of halogens is 1. The summed E-state index contributed by atoms with van der Waals surface area (Å²) in [5.41, 5.74) is 0.240. The summed E-state index contributed by atoms with van der Waals surface area (Å²) in [5.74, 6) is 0.187. The molecule has 0 fully saturated rings. The van der Waals surface area contributed by atoms with Gasteiger partial charge in [0.25, 0.3) is 0 Å². The van der Waals surface area contributed by atoms with Gasteiger partial charge < -0.3 is 14.2 Å². The molecular weight excluding hydrogens is 220 g/mol. The summed E-state index contributed by atoms with van der Waals surface area (Å²) in [6, 6.07) is 3.03. The van der Waals surface area contributed by atoms with E-state index < -0.39 is 5.97 Å². The summed E-state index contributed by atoms with van der Waals surface area (Å²) in [6.45, 7) is 0. The molecule has 0 bridgehead atoms. The molecule has 0 heterocycles. The molecule has 0 radical (unpaired) electrons. The van der Waals surface area contributed by atoms with Crippen molar-refractivity contribution in [2.75, 3.05) is 21.3 Å². The van der Waals surface area contributed by atoms with Crippen LogP contribution in [0.25, 0.3) is 0 Å². The van der Waals surface area contributed by atoms with Crippen LogP contribution in [0.5, 0.6) is 11.5 Å². The number of esters is 1. The van der Waals surface area contributed by atoms with E-state index in [0.717, 1.165) is 0 Å². The molecule has 15 heavy (non-hydrogen) atoms. The van der Waals surface area contributed by atoms with Crippen LogP contribution in [-0.2, 0) is 4.74 Å². The van der Waals surface area contributed by atoms with Crippen LogP contribution in [-0.4, -0.2) is 27.3 Å². The van der Waals surface area contributed by atoms with E-state index in [-0.39, 0.29) is 5.56 Å². The van der Waals surface area contributed by atoms with Crippen LogP contribution in [0.1, 0.15) is 10.4 Å². The Hall–Kier alpha value is -1.42. The molecule has 1 aromatic rings. The third-order valence-corrected chi connectivity index (χ3v) is 2.07. The summed E-state index contributed by atoms with van der Waals surface area (Å²) in [6.07, 6.45) is 0. The van der Waals surface area contributed by atoms with Crippen molar-refractivity contribution in [3.8, 4) is 11.5 Å². The Labute approximate surface area is 92.7 Å². The molecule has 0 spiro atoms. The van der Waals surface area contributed by atoms with Crippen molar-refractivity contribution in [3.63, 3.8) is 0 Å². The van der Waals surface area contributed by atoms with Gasteiger partial charge in [-0.1, -0.05) is 11.6 Å². The highest BCUT2D eigenvalue weighted by Gasteiger charge is 2.18. The van der Waals surface area contributed by atoms with Gasteiger partial charge in [0, 0.05) is 11.1 Å². The van der Waals surface area contributed by atoms with Gasteiger partial charge in [-0.25, -0.2) is 4.79 Å². The van der Waals surface area contributed by atoms with E-state index in [2.05, 4.69) is 4.74 Å². The van der Waals surface area contributed by atoms with Gasteiger partial charge in [-0.2, -0.15) is 0 Å². The van der Waals surface area contributed by atoms with Crippen molar-refractivity contribution in [2.45, 2.75) is 0 Å². The Kier molecular flexibility index (Phi) is 3.80.